The van der Waals surface area contributed by atoms with Crippen LogP contribution in [0.3, 0.4) is 0 Å². The minimum absolute atomic E-state index is 0.0729. The van der Waals surface area contributed by atoms with Gasteiger partial charge in [-0.1, -0.05) is 0 Å². The maximum absolute atomic E-state index is 13.7. The molecule has 6 nitrogen and oxygen atoms in total. The number of urea groups is 1. The predicted molar refractivity (Wildman–Crippen MR) is 76.0 cm³/mol. The molecule has 3 N–H and O–H groups in total. The number of hydrogen-bond acceptors (Lipinski definition) is 3. The van der Waals surface area contributed by atoms with Gasteiger partial charge in [0.2, 0.25) is 0 Å². The first kappa shape index (κ1) is 15.2. The number of nitrogens with zero attached hydrogens (tertiary/aromatic N) is 1. The standard InChI is InChI=1S/C14H18FN3O3/c1-18(10-4-6-16-7-5-10)14(21)17-12-8-9(13(19)20)2-3-11(12)15/h2-3,8,10,16H,4-7H2,1H3,(H,17,21)(H,19,20). The summed E-state index contributed by atoms with van der Waals surface area (Å²) in [6.07, 6.45) is 1.67. The Labute approximate surface area is 121 Å². The number of hydrogen-bond donors (Lipinski definition) is 3. The lowest BCUT2D eigenvalue weighted by atomic mass is 10.1. The Morgan fingerprint density at radius 3 is 2.67 bits per heavy atom. The molecule has 2 rings (SSSR count). The third kappa shape index (κ3) is 3.69. The summed E-state index contributed by atoms with van der Waals surface area (Å²) in [6.45, 7) is 1.68. The molecule has 0 atom stereocenters. The first-order valence-electron chi connectivity index (χ1n) is 6.76. The second kappa shape index (κ2) is 6.53. The lowest BCUT2D eigenvalue weighted by Gasteiger charge is -2.31. The van der Waals surface area contributed by atoms with Crippen LogP contribution in [0.4, 0.5) is 14.9 Å². The number of benzene rings is 1. The zero-order chi connectivity index (χ0) is 15.4. The Bertz CT molecular complexity index is 544. The average molecular weight is 295 g/mol. The van der Waals surface area contributed by atoms with Crippen LogP contribution in [-0.2, 0) is 0 Å². The summed E-state index contributed by atoms with van der Waals surface area (Å²) < 4.78 is 13.7. The molecule has 7 heteroatoms. The van der Waals surface area contributed by atoms with E-state index in [4.69, 9.17) is 5.11 Å². The molecule has 1 aromatic rings. The Kier molecular flexibility index (Phi) is 4.74. The van der Waals surface area contributed by atoms with Gasteiger partial charge in [-0.15, -0.1) is 0 Å². The van der Waals surface area contributed by atoms with Gasteiger partial charge in [0, 0.05) is 13.1 Å². The molecule has 0 spiro atoms. The van der Waals surface area contributed by atoms with E-state index in [1.165, 1.54) is 4.90 Å². The van der Waals surface area contributed by atoms with E-state index in [2.05, 4.69) is 10.6 Å². The van der Waals surface area contributed by atoms with Gasteiger partial charge >= 0.3 is 12.0 Å². The third-order valence-electron chi connectivity index (χ3n) is 3.63. The van der Waals surface area contributed by atoms with E-state index in [1.54, 1.807) is 7.05 Å². The molecule has 2 amide bonds. The molecule has 1 aliphatic rings. The Balaban J connectivity index is 2.07. The summed E-state index contributed by atoms with van der Waals surface area (Å²) >= 11 is 0. The van der Waals surface area contributed by atoms with E-state index < -0.39 is 17.8 Å². The fourth-order valence-electron chi connectivity index (χ4n) is 2.32. The van der Waals surface area contributed by atoms with Crippen LogP contribution in [0, 0.1) is 5.82 Å². The first-order valence-corrected chi connectivity index (χ1v) is 6.76. The first-order chi connectivity index (χ1) is 9.99. The van der Waals surface area contributed by atoms with Gasteiger partial charge in [-0.3, -0.25) is 0 Å². The van der Waals surface area contributed by atoms with Gasteiger partial charge in [-0.25, -0.2) is 14.0 Å². The minimum Gasteiger partial charge on any atom is -0.478 e. The van der Waals surface area contributed by atoms with Crippen LogP contribution in [0.1, 0.15) is 23.2 Å². The van der Waals surface area contributed by atoms with Gasteiger partial charge in [0.25, 0.3) is 0 Å². The molecule has 1 saturated heterocycles. The van der Waals surface area contributed by atoms with Crippen molar-refractivity contribution < 1.29 is 19.1 Å². The highest BCUT2D eigenvalue weighted by atomic mass is 19.1. The van der Waals surface area contributed by atoms with Crippen molar-refractivity contribution in [2.24, 2.45) is 0 Å². The maximum Gasteiger partial charge on any atom is 0.335 e. The largest absolute Gasteiger partial charge is 0.478 e. The minimum atomic E-state index is -1.17. The van der Waals surface area contributed by atoms with E-state index in [0.717, 1.165) is 44.1 Å². The number of amides is 2. The number of rotatable bonds is 3. The van der Waals surface area contributed by atoms with Crippen molar-refractivity contribution in [3.63, 3.8) is 0 Å². The van der Waals surface area contributed by atoms with Gasteiger partial charge in [0.05, 0.1) is 11.3 Å². The SMILES string of the molecule is CN(C(=O)Nc1cc(C(=O)O)ccc1F)C1CCNCC1. The topological polar surface area (TPSA) is 81.7 Å². The molecule has 0 aliphatic carbocycles. The summed E-state index contributed by atoms with van der Waals surface area (Å²) in [4.78, 5) is 24.5. The Morgan fingerprint density at radius 2 is 2.05 bits per heavy atom. The number of piperidine rings is 1. The van der Waals surface area contributed by atoms with Crippen LogP contribution in [-0.4, -0.2) is 48.2 Å². The van der Waals surface area contributed by atoms with E-state index in [-0.39, 0.29) is 17.3 Å². The van der Waals surface area contributed by atoms with Crippen molar-refractivity contribution in [2.45, 2.75) is 18.9 Å². The Morgan fingerprint density at radius 1 is 1.38 bits per heavy atom. The van der Waals surface area contributed by atoms with Gasteiger partial charge < -0.3 is 20.6 Å². The number of carboxylic acids is 1. The molecule has 0 bridgehead atoms. The van der Waals surface area contributed by atoms with Gasteiger partial charge in [0.15, 0.2) is 0 Å². The molecular weight excluding hydrogens is 277 g/mol. The van der Waals surface area contributed by atoms with Crippen LogP contribution >= 0.6 is 0 Å². The molecule has 21 heavy (non-hydrogen) atoms. The number of nitrogens with one attached hydrogen (secondary N) is 2. The van der Waals surface area contributed by atoms with Crippen LogP contribution in [0.15, 0.2) is 18.2 Å². The normalized spacial score (nSPS) is 15.5. The van der Waals surface area contributed by atoms with Gasteiger partial charge in [-0.05, 0) is 44.1 Å². The van der Waals surface area contributed by atoms with Crippen molar-refractivity contribution in [2.75, 3.05) is 25.5 Å². The summed E-state index contributed by atoms with van der Waals surface area (Å²) in [5, 5.41) is 14.5. The van der Waals surface area contributed by atoms with Crippen LogP contribution in [0.5, 0.6) is 0 Å². The molecule has 1 heterocycles. The molecule has 114 valence electrons. The van der Waals surface area contributed by atoms with Crippen molar-refractivity contribution in [3.8, 4) is 0 Å². The lowest BCUT2D eigenvalue weighted by molar-refractivity contribution is 0.0697. The molecule has 0 saturated carbocycles. The van der Waals surface area contributed by atoms with E-state index in [9.17, 15) is 14.0 Å². The summed E-state index contributed by atoms with van der Waals surface area (Å²) in [7, 11) is 1.66. The van der Waals surface area contributed by atoms with Gasteiger partial charge in [-0.2, -0.15) is 0 Å². The number of carbonyl (C=O) groups excluding carboxylic acids is 1. The smallest absolute Gasteiger partial charge is 0.335 e. The molecular formula is C14H18FN3O3. The monoisotopic (exact) mass is 295 g/mol. The predicted octanol–water partition coefficient (Wildman–Crippen LogP) is 1.74. The van der Waals surface area contributed by atoms with E-state index in [1.807, 2.05) is 0 Å². The molecule has 0 aromatic heterocycles. The highest BCUT2D eigenvalue weighted by Crippen LogP contribution is 2.18. The van der Waals surface area contributed by atoms with Crippen molar-refractivity contribution >= 4 is 17.7 Å². The number of anilines is 1. The fourth-order valence-corrected chi connectivity index (χ4v) is 2.32. The van der Waals surface area contributed by atoms with Crippen LogP contribution in [0.25, 0.3) is 0 Å². The summed E-state index contributed by atoms with van der Waals surface area (Å²) in [6, 6.07) is 2.96. The highest BCUT2D eigenvalue weighted by molar-refractivity contribution is 5.93. The highest BCUT2D eigenvalue weighted by Gasteiger charge is 2.22. The zero-order valence-electron chi connectivity index (χ0n) is 11.7. The maximum atomic E-state index is 13.7. The molecule has 1 aliphatic heterocycles. The average Bonchev–Trinajstić information content (AvgIpc) is 2.49. The lowest BCUT2D eigenvalue weighted by Crippen LogP contribution is -2.45. The quantitative estimate of drug-likeness (QED) is 0.793. The fraction of sp³-hybridized carbons (Fsp3) is 0.429. The molecule has 1 aromatic carbocycles. The second-order valence-electron chi connectivity index (χ2n) is 5.02. The molecule has 0 unspecified atom stereocenters. The zero-order valence-corrected chi connectivity index (χ0v) is 11.7. The number of halogens is 1. The van der Waals surface area contributed by atoms with Crippen molar-refractivity contribution in [1.82, 2.24) is 10.2 Å². The Hall–Kier alpha value is -2.15. The number of carboxylic acid groups (broad SMARTS) is 1. The van der Waals surface area contributed by atoms with Gasteiger partial charge in [0.1, 0.15) is 5.82 Å². The van der Waals surface area contributed by atoms with Crippen molar-refractivity contribution in [3.05, 3.63) is 29.6 Å². The molecule has 0 radical (unpaired) electrons. The van der Waals surface area contributed by atoms with E-state index in [0.29, 0.717) is 0 Å². The number of carbonyl (C=O) groups is 2. The summed E-state index contributed by atoms with van der Waals surface area (Å²) in [5.41, 5.74) is -0.197. The summed E-state index contributed by atoms with van der Waals surface area (Å²) in [5.74, 6) is -1.83. The third-order valence-corrected chi connectivity index (χ3v) is 3.63. The number of aromatic carboxylic acids is 1. The second-order valence-corrected chi connectivity index (χ2v) is 5.02. The van der Waals surface area contributed by atoms with Crippen LogP contribution in [0.2, 0.25) is 0 Å². The molecule has 1 fully saturated rings. The van der Waals surface area contributed by atoms with E-state index >= 15 is 0 Å². The van der Waals surface area contributed by atoms with Crippen molar-refractivity contribution in [1.29, 1.82) is 0 Å². The van der Waals surface area contributed by atoms with Crippen LogP contribution < -0.4 is 10.6 Å².